The summed E-state index contributed by atoms with van der Waals surface area (Å²) in [6.45, 7) is 1.30. The predicted molar refractivity (Wildman–Crippen MR) is 71.4 cm³/mol. The van der Waals surface area contributed by atoms with Crippen molar-refractivity contribution in [3.8, 4) is 0 Å². The summed E-state index contributed by atoms with van der Waals surface area (Å²) in [5.41, 5.74) is 14.9. The lowest BCUT2D eigenvalue weighted by molar-refractivity contribution is -0.117. The molecule has 3 rings (SSSR count). The van der Waals surface area contributed by atoms with Crippen LogP contribution >= 0.6 is 0 Å². The van der Waals surface area contributed by atoms with E-state index in [0.29, 0.717) is 19.5 Å². The Hall–Kier alpha value is -1.39. The summed E-state index contributed by atoms with van der Waals surface area (Å²) in [7, 11) is 0. The molecule has 0 radical (unpaired) electrons. The first-order chi connectivity index (χ1) is 8.61. The molecular formula is C14H19N3O. The summed E-state index contributed by atoms with van der Waals surface area (Å²) in [5.74, 6) is 0.173. The first kappa shape index (κ1) is 11.7. The van der Waals surface area contributed by atoms with Crippen molar-refractivity contribution in [2.24, 2.45) is 11.5 Å². The molecule has 0 saturated heterocycles. The van der Waals surface area contributed by atoms with Crippen LogP contribution in [0.4, 0.5) is 5.69 Å². The Morgan fingerprint density at radius 1 is 1.33 bits per heavy atom. The zero-order chi connectivity index (χ0) is 12.8. The molecule has 0 unspecified atom stereocenters. The molecule has 1 saturated carbocycles. The minimum atomic E-state index is -0.132. The number of nitrogens with zero attached hydrogens (tertiary/aromatic N) is 1. The van der Waals surface area contributed by atoms with Crippen molar-refractivity contribution in [1.82, 2.24) is 0 Å². The Kier molecular flexibility index (Phi) is 2.64. The van der Waals surface area contributed by atoms with E-state index in [-0.39, 0.29) is 11.4 Å². The van der Waals surface area contributed by atoms with Crippen LogP contribution in [0.1, 0.15) is 24.0 Å². The fourth-order valence-corrected chi connectivity index (χ4v) is 2.57. The Bertz CT molecular complexity index is 494. The van der Waals surface area contributed by atoms with Gasteiger partial charge in [-0.15, -0.1) is 0 Å². The molecule has 1 amide bonds. The number of amides is 1. The molecule has 1 fully saturated rings. The van der Waals surface area contributed by atoms with Crippen LogP contribution in [-0.4, -0.2) is 24.5 Å². The normalized spacial score (nSPS) is 20.1. The maximum absolute atomic E-state index is 12.1. The van der Waals surface area contributed by atoms with Gasteiger partial charge in [0.2, 0.25) is 5.91 Å². The number of anilines is 1. The number of hydrogen-bond donors (Lipinski definition) is 2. The smallest absolute Gasteiger partial charge is 0.231 e. The summed E-state index contributed by atoms with van der Waals surface area (Å²) < 4.78 is 0. The van der Waals surface area contributed by atoms with Crippen LogP contribution in [0.2, 0.25) is 0 Å². The van der Waals surface area contributed by atoms with E-state index in [2.05, 4.69) is 12.1 Å². The Morgan fingerprint density at radius 3 is 2.78 bits per heavy atom. The number of carbonyl (C=O) groups is 1. The molecular weight excluding hydrogens is 226 g/mol. The van der Waals surface area contributed by atoms with E-state index in [9.17, 15) is 4.79 Å². The fraction of sp³-hybridized carbons (Fsp3) is 0.500. The van der Waals surface area contributed by atoms with Crippen molar-refractivity contribution in [1.29, 1.82) is 0 Å². The largest absolute Gasteiger partial charge is 0.330 e. The van der Waals surface area contributed by atoms with Crippen LogP contribution in [0.15, 0.2) is 18.2 Å². The molecule has 1 aliphatic carbocycles. The minimum Gasteiger partial charge on any atom is -0.330 e. The molecule has 4 N–H and O–H groups in total. The highest BCUT2D eigenvalue weighted by Gasteiger charge is 2.42. The van der Waals surface area contributed by atoms with E-state index < -0.39 is 0 Å². The number of hydrogen-bond acceptors (Lipinski definition) is 3. The molecule has 1 aromatic carbocycles. The van der Waals surface area contributed by atoms with Gasteiger partial charge in [0.05, 0.1) is 6.42 Å². The average Bonchev–Trinajstić information content (AvgIpc) is 2.98. The van der Waals surface area contributed by atoms with Crippen LogP contribution in [-0.2, 0) is 17.6 Å². The molecule has 1 aliphatic heterocycles. The molecule has 0 bridgehead atoms. The molecule has 4 heteroatoms. The Labute approximate surface area is 107 Å². The molecule has 96 valence electrons. The predicted octanol–water partition coefficient (Wildman–Crippen LogP) is 0.568. The number of carbonyl (C=O) groups excluding carboxylic acids is 1. The van der Waals surface area contributed by atoms with Crippen molar-refractivity contribution >= 4 is 11.6 Å². The molecule has 1 aromatic rings. The third-order valence-corrected chi connectivity index (χ3v) is 3.88. The van der Waals surface area contributed by atoms with Gasteiger partial charge < -0.3 is 16.4 Å². The first-order valence-corrected chi connectivity index (χ1v) is 6.52. The lowest BCUT2D eigenvalue weighted by atomic mass is 10.1. The lowest BCUT2D eigenvalue weighted by Gasteiger charge is -2.21. The van der Waals surface area contributed by atoms with E-state index in [0.717, 1.165) is 30.5 Å². The molecule has 0 spiro atoms. The van der Waals surface area contributed by atoms with E-state index in [1.165, 1.54) is 5.56 Å². The minimum absolute atomic E-state index is 0.132. The van der Waals surface area contributed by atoms with Gasteiger partial charge in [-0.3, -0.25) is 4.79 Å². The van der Waals surface area contributed by atoms with Gasteiger partial charge in [-0.1, -0.05) is 12.1 Å². The summed E-state index contributed by atoms with van der Waals surface area (Å²) in [6.07, 6.45) is 3.42. The van der Waals surface area contributed by atoms with Gasteiger partial charge >= 0.3 is 0 Å². The van der Waals surface area contributed by atoms with Crippen molar-refractivity contribution in [3.63, 3.8) is 0 Å². The van der Waals surface area contributed by atoms with Crippen molar-refractivity contribution in [2.45, 2.75) is 31.2 Å². The van der Waals surface area contributed by atoms with Crippen molar-refractivity contribution in [3.05, 3.63) is 29.3 Å². The highest BCUT2D eigenvalue weighted by atomic mass is 16.2. The van der Waals surface area contributed by atoms with Crippen LogP contribution < -0.4 is 16.4 Å². The second kappa shape index (κ2) is 4.07. The van der Waals surface area contributed by atoms with Gasteiger partial charge in [-0.2, -0.15) is 0 Å². The Morgan fingerprint density at radius 2 is 2.11 bits per heavy atom. The summed E-state index contributed by atoms with van der Waals surface area (Å²) in [6, 6.07) is 6.21. The van der Waals surface area contributed by atoms with Crippen LogP contribution in [0.5, 0.6) is 0 Å². The van der Waals surface area contributed by atoms with E-state index >= 15 is 0 Å². The lowest BCUT2D eigenvalue weighted by Crippen LogP contribution is -2.41. The number of benzene rings is 1. The third-order valence-electron chi connectivity index (χ3n) is 3.88. The highest BCUT2D eigenvalue weighted by molar-refractivity contribution is 6.01. The van der Waals surface area contributed by atoms with E-state index in [1.54, 1.807) is 0 Å². The van der Waals surface area contributed by atoms with Crippen molar-refractivity contribution in [2.75, 3.05) is 18.0 Å². The standard InChI is InChI=1S/C14H19N3O/c15-6-3-10-1-2-12-11(7-10)8-13(18)17(12)9-14(16)4-5-14/h1-2,7H,3-6,8-9,15-16H2. The van der Waals surface area contributed by atoms with Gasteiger partial charge in [0, 0.05) is 17.8 Å². The maximum Gasteiger partial charge on any atom is 0.231 e. The molecule has 1 heterocycles. The van der Waals surface area contributed by atoms with Gasteiger partial charge in [0.1, 0.15) is 0 Å². The van der Waals surface area contributed by atoms with Gasteiger partial charge in [-0.25, -0.2) is 0 Å². The second-order valence-electron chi connectivity index (χ2n) is 5.52. The van der Waals surface area contributed by atoms with E-state index in [1.807, 2.05) is 11.0 Å². The third kappa shape index (κ3) is 2.02. The van der Waals surface area contributed by atoms with Crippen LogP contribution in [0, 0.1) is 0 Å². The topological polar surface area (TPSA) is 72.4 Å². The Balaban J connectivity index is 1.85. The van der Waals surface area contributed by atoms with Gasteiger partial charge in [0.25, 0.3) is 0 Å². The fourth-order valence-electron chi connectivity index (χ4n) is 2.57. The monoisotopic (exact) mass is 245 g/mol. The number of rotatable bonds is 4. The molecule has 2 aliphatic rings. The van der Waals surface area contributed by atoms with Crippen LogP contribution in [0.25, 0.3) is 0 Å². The summed E-state index contributed by atoms with van der Waals surface area (Å²) in [5, 5.41) is 0. The van der Waals surface area contributed by atoms with Gasteiger partial charge in [-0.05, 0) is 43.0 Å². The second-order valence-corrected chi connectivity index (χ2v) is 5.52. The number of fused-ring (bicyclic) bond motifs is 1. The van der Waals surface area contributed by atoms with E-state index in [4.69, 9.17) is 11.5 Å². The van der Waals surface area contributed by atoms with Crippen LogP contribution in [0.3, 0.4) is 0 Å². The molecule has 4 nitrogen and oxygen atoms in total. The van der Waals surface area contributed by atoms with Crippen molar-refractivity contribution < 1.29 is 4.79 Å². The molecule has 0 aromatic heterocycles. The number of nitrogens with two attached hydrogens (primary N) is 2. The highest BCUT2D eigenvalue weighted by Crippen LogP contribution is 2.37. The maximum atomic E-state index is 12.1. The summed E-state index contributed by atoms with van der Waals surface area (Å²) >= 11 is 0. The first-order valence-electron chi connectivity index (χ1n) is 6.52. The quantitative estimate of drug-likeness (QED) is 0.814. The van der Waals surface area contributed by atoms with Gasteiger partial charge in [0.15, 0.2) is 0 Å². The summed E-state index contributed by atoms with van der Waals surface area (Å²) in [4.78, 5) is 13.9. The SMILES string of the molecule is NCCc1ccc2c(c1)CC(=O)N2CC1(N)CC1. The molecule has 18 heavy (non-hydrogen) atoms. The molecule has 0 atom stereocenters. The zero-order valence-electron chi connectivity index (χ0n) is 10.5. The average molecular weight is 245 g/mol. The zero-order valence-corrected chi connectivity index (χ0v) is 10.5.